The molecule has 2 aromatic heterocycles. The maximum absolute atomic E-state index is 13.9. The van der Waals surface area contributed by atoms with Gasteiger partial charge in [0.05, 0.1) is 11.4 Å². The predicted octanol–water partition coefficient (Wildman–Crippen LogP) is 4.40. The van der Waals surface area contributed by atoms with Gasteiger partial charge in [0, 0.05) is 22.7 Å². The summed E-state index contributed by atoms with van der Waals surface area (Å²) in [5, 5.41) is 3.07. The molecular weight excluding hydrogens is 449 g/mol. The lowest BCUT2D eigenvalue weighted by Crippen LogP contribution is -2.23. The second-order valence-electron chi connectivity index (χ2n) is 7.76. The van der Waals surface area contributed by atoms with Gasteiger partial charge >= 0.3 is 0 Å². The van der Waals surface area contributed by atoms with Crippen LogP contribution in [-0.2, 0) is 6.61 Å². The van der Waals surface area contributed by atoms with Crippen LogP contribution in [0.4, 0.5) is 10.1 Å². The van der Waals surface area contributed by atoms with Crippen LogP contribution in [0.15, 0.2) is 53.6 Å². The number of fused-ring (bicyclic) bond motifs is 1. The van der Waals surface area contributed by atoms with Crippen LogP contribution in [0.3, 0.4) is 0 Å². The molecule has 0 unspecified atom stereocenters. The lowest BCUT2D eigenvalue weighted by atomic mass is 10.1. The summed E-state index contributed by atoms with van der Waals surface area (Å²) < 4.78 is 22.8. The number of carbonyl (C=O) groups is 1. The van der Waals surface area contributed by atoms with Crippen molar-refractivity contribution in [2.75, 3.05) is 5.32 Å². The van der Waals surface area contributed by atoms with Gasteiger partial charge in [0.2, 0.25) is 0 Å². The zero-order chi connectivity index (χ0) is 23.7. The highest BCUT2D eigenvalue weighted by molar-refractivity contribution is 6.31. The number of nitrogens with zero attached hydrogens (tertiary/aromatic N) is 4. The van der Waals surface area contributed by atoms with E-state index >= 15 is 0 Å². The van der Waals surface area contributed by atoms with Gasteiger partial charge in [-0.3, -0.25) is 14.3 Å². The fourth-order valence-corrected chi connectivity index (χ4v) is 3.39. The number of halogens is 2. The highest BCUT2D eigenvalue weighted by Gasteiger charge is 2.14. The van der Waals surface area contributed by atoms with Crippen molar-refractivity contribution >= 4 is 29.0 Å². The number of ether oxygens (including phenoxy) is 1. The summed E-state index contributed by atoms with van der Waals surface area (Å²) in [7, 11) is 0. The van der Waals surface area contributed by atoms with Gasteiger partial charge in [0.25, 0.3) is 17.2 Å². The fourth-order valence-electron chi connectivity index (χ4n) is 3.22. The number of anilines is 1. The van der Waals surface area contributed by atoms with Crippen molar-refractivity contribution in [1.82, 2.24) is 19.2 Å². The summed E-state index contributed by atoms with van der Waals surface area (Å²) in [6.45, 7) is 5.45. The topological polar surface area (TPSA) is 90.5 Å². The van der Waals surface area contributed by atoms with Crippen molar-refractivity contribution in [3.8, 4) is 5.75 Å². The fraction of sp³-hybridized carbons (Fsp3) is 0.217. The molecule has 0 atom stereocenters. The van der Waals surface area contributed by atoms with Crippen molar-refractivity contribution in [3.05, 3.63) is 86.8 Å². The van der Waals surface area contributed by atoms with Gasteiger partial charge in [-0.2, -0.15) is 9.50 Å². The zero-order valence-corrected chi connectivity index (χ0v) is 18.9. The molecule has 0 saturated carbocycles. The predicted molar refractivity (Wildman–Crippen MR) is 123 cm³/mol. The summed E-state index contributed by atoms with van der Waals surface area (Å²) in [4.78, 5) is 33.7. The minimum Gasteiger partial charge on any atom is -0.485 e. The Labute approximate surface area is 193 Å². The number of aryl methyl sites for hydroxylation is 1. The molecule has 170 valence electrons. The summed E-state index contributed by atoms with van der Waals surface area (Å²) in [6.07, 6.45) is 1.56. The molecule has 2 heterocycles. The third-order valence-electron chi connectivity index (χ3n) is 4.98. The second-order valence-corrected chi connectivity index (χ2v) is 8.20. The van der Waals surface area contributed by atoms with Gasteiger partial charge < -0.3 is 10.1 Å². The minimum atomic E-state index is -0.516. The number of benzene rings is 2. The van der Waals surface area contributed by atoms with Gasteiger partial charge in [-0.1, -0.05) is 17.7 Å². The van der Waals surface area contributed by atoms with E-state index in [0.717, 1.165) is 0 Å². The Kier molecular flexibility index (Phi) is 6.15. The second kappa shape index (κ2) is 9.03. The molecule has 33 heavy (non-hydrogen) atoms. The van der Waals surface area contributed by atoms with Crippen molar-refractivity contribution in [2.45, 2.75) is 33.4 Å². The van der Waals surface area contributed by atoms with Crippen LogP contribution < -0.4 is 15.6 Å². The van der Waals surface area contributed by atoms with Gasteiger partial charge in [-0.05, 0) is 56.7 Å². The van der Waals surface area contributed by atoms with Gasteiger partial charge in [-0.25, -0.2) is 9.37 Å². The van der Waals surface area contributed by atoms with Crippen LogP contribution in [0.25, 0.3) is 5.78 Å². The molecule has 1 amide bonds. The van der Waals surface area contributed by atoms with Crippen LogP contribution in [0.1, 0.15) is 41.5 Å². The first-order chi connectivity index (χ1) is 15.7. The van der Waals surface area contributed by atoms with E-state index in [2.05, 4.69) is 15.3 Å². The summed E-state index contributed by atoms with van der Waals surface area (Å²) in [6, 6.07) is 10.4. The molecule has 0 aliphatic carbocycles. The van der Waals surface area contributed by atoms with E-state index in [1.54, 1.807) is 30.1 Å². The van der Waals surface area contributed by atoms with Crippen LogP contribution in [0.2, 0.25) is 5.02 Å². The van der Waals surface area contributed by atoms with Crippen molar-refractivity contribution in [1.29, 1.82) is 0 Å². The molecule has 4 rings (SSSR count). The maximum atomic E-state index is 13.9. The minimum absolute atomic E-state index is 0.0378. The average molecular weight is 470 g/mol. The van der Waals surface area contributed by atoms with Gasteiger partial charge in [0.15, 0.2) is 0 Å². The van der Waals surface area contributed by atoms with Gasteiger partial charge in [0.1, 0.15) is 24.5 Å². The lowest BCUT2D eigenvalue weighted by Gasteiger charge is -2.13. The molecule has 0 aliphatic rings. The average Bonchev–Trinajstić information content (AvgIpc) is 3.20. The smallest absolute Gasteiger partial charge is 0.274 e. The Bertz CT molecular complexity index is 1410. The summed E-state index contributed by atoms with van der Waals surface area (Å²) >= 11 is 6.09. The Morgan fingerprint density at radius 1 is 1.21 bits per heavy atom. The molecule has 0 bridgehead atoms. The van der Waals surface area contributed by atoms with E-state index in [-0.39, 0.29) is 29.5 Å². The molecule has 4 aromatic rings. The Morgan fingerprint density at radius 2 is 2.00 bits per heavy atom. The first kappa shape index (κ1) is 22.5. The van der Waals surface area contributed by atoms with Crippen molar-refractivity contribution in [3.63, 3.8) is 0 Å². The van der Waals surface area contributed by atoms with Crippen LogP contribution >= 0.6 is 11.6 Å². The highest BCUT2D eigenvalue weighted by atomic mass is 35.5. The highest BCUT2D eigenvalue weighted by Crippen LogP contribution is 2.29. The summed E-state index contributed by atoms with van der Waals surface area (Å²) in [5.41, 5.74) is 0.995. The molecule has 0 spiro atoms. The number of nitrogens with one attached hydrogen (secondary N) is 1. The molecule has 10 heteroatoms. The number of amides is 1. The van der Waals surface area contributed by atoms with Gasteiger partial charge in [-0.15, -0.1) is 0 Å². The number of hydrogen-bond acceptors (Lipinski definition) is 5. The van der Waals surface area contributed by atoms with Crippen LogP contribution in [0, 0.1) is 12.7 Å². The van der Waals surface area contributed by atoms with E-state index in [4.69, 9.17) is 16.3 Å². The maximum Gasteiger partial charge on any atom is 0.274 e. The molecule has 0 fully saturated rings. The van der Waals surface area contributed by atoms with E-state index in [9.17, 15) is 14.0 Å². The Morgan fingerprint density at radius 3 is 2.73 bits per heavy atom. The standard InChI is InChI=1S/C23H21ClFN5O3/c1-13(2)29-12-26-23-27-17(10-21(31)30(23)29)11-33-20-7-6-16(24)9-19(20)28-22(32)15-5-4-14(3)18(25)8-15/h4-10,12-13H,11H2,1-3H3,(H,28,32). The quantitative estimate of drug-likeness (QED) is 0.452. The number of aromatic nitrogens is 4. The molecule has 1 N–H and O–H groups in total. The number of rotatable bonds is 6. The molecule has 2 aromatic carbocycles. The lowest BCUT2D eigenvalue weighted by molar-refractivity contribution is 0.102. The first-order valence-corrected chi connectivity index (χ1v) is 10.6. The SMILES string of the molecule is Cc1ccc(C(=O)Nc2cc(Cl)ccc2OCc2cc(=O)n3c(ncn3C(C)C)n2)cc1F. The monoisotopic (exact) mass is 469 g/mol. The van der Waals surface area contributed by atoms with E-state index in [1.807, 2.05) is 13.8 Å². The van der Waals surface area contributed by atoms with Crippen molar-refractivity contribution in [2.24, 2.45) is 0 Å². The number of hydrogen-bond donors (Lipinski definition) is 1. The number of carbonyl (C=O) groups excluding carboxylic acids is 1. The van der Waals surface area contributed by atoms with E-state index in [1.165, 1.54) is 34.8 Å². The molecule has 8 nitrogen and oxygen atoms in total. The van der Waals surface area contributed by atoms with Crippen molar-refractivity contribution < 1.29 is 13.9 Å². The van der Waals surface area contributed by atoms with E-state index < -0.39 is 11.7 Å². The summed E-state index contributed by atoms with van der Waals surface area (Å²) in [5.74, 6) is -0.410. The molecule has 0 aliphatic heterocycles. The Balaban J connectivity index is 1.56. The Hall–Kier alpha value is -3.72. The first-order valence-electron chi connectivity index (χ1n) is 10.2. The molecule has 0 radical (unpaired) electrons. The largest absolute Gasteiger partial charge is 0.485 e. The molecular formula is C23H21ClFN5O3. The molecule has 0 saturated heterocycles. The normalized spacial score (nSPS) is 11.2. The zero-order valence-electron chi connectivity index (χ0n) is 18.2. The van der Waals surface area contributed by atoms with E-state index in [0.29, 0.717) is 27.7 Å². The van der Waals surface area contributed by atoms with Crippen LogP contribution in [0.5, 0.6) is 5.75 Å². The third-order valence-corrected chi connectivity index (χ3v) is 5.22. The van der Waals surface area contributed by atoms with Crippen LogP contribution in [-0.4, -0.2) is 25.1 Å². The third kappa shape index (κ3) is 4.73.